The highest BCUT2D eigenvalue weighted by molar-refractivity contribution is 5.79. The Balaban J connectivity index is 1.95. The van der Waals surface area contributed by atoms with Gasteiger partial charge >= 0.3 is 0 Å². The van der Waals surface area contributed by atoms with Crippen LogP contribution in [0.25, 0.3) is 0 Å². The molecular weight excluding hydrogens is 302 g/mol. The third kappa shape index (κ3) is 4.87. The van der Waals surface area contributed by atoms with E-state index < -0.39 is 0 Å². The van der Waals surface area contributed by atoms with E-state index in [1.165, 1.54) is 5.56 Å². The molecule has 5 heteroatoms. The summed E-state index contributed by atoms with van der Waals surface area (Å²) in [6.45, 7) is 7.97. The summed E-state index contributed by atoms with van der Waals surface area (Å²) in [4.78, 5) is 6.62. The Bertz CT molecular complexity index is 551. The Labute approximate surface area is 146 Å². The molecule has 0 radical (unpaired) electrons. The van der Waals surface area contributed by atoms with Crippen LogP contribution < -0.4 is 10.1 Å². The summed E-state index contributed by atoms with van der Waals surface area (Å²) in [6.07, 6.45) is 1.14. The monoisotopic (exact) mass is 333 g/mol. The van der Waals surface area contributed by atoms with Crippen LogP contribution >= 0.6 is 0 Å². The molecule has 1 saturated heterocycles. The Morgan fingerprint density at radius 3 is 2.88 bits per heavy atom. The lowest BCUT2D eigenvalue weighted by Gasteiger charge is -2.30. The van der Waals surface area contributed by atoms with Crippen LogP contribution in [0.2, 0.25) is 0 Å². The van der Waals surface area contributed by atoms with Crippen molar-refractivity contribution >= 4 is 5.96 Å². The van der Waals surface area contributed by atoms with E-state index in [4.69, 9.17) is 9.47 Å². The number of ether oxygens (including phenoxy) is 2. The first-order valence-electron chi connectivity index (χ1n) is 8.60. The minimum absolute atomic E-state index is 0.0260. The van der Waals surface area contributed by atoms with Crippen molar-refractivity contribution in [2.45, 2.75) is 25.7 Å². The van der Waals surface area contributed by atoms with Gasteiger partial charge in [0.25, 0.3) is 0 Å². The lowest BCUT2D eigenvalue weighted by molar-refractivity contribution is 0.181. The molecule has 0 aromatic heterocycles. The number of hydrogen-bond acceptors (Lipinski definition) is 3. The molecule has 1 atom stereocenters. The van der Waals surface area contributed by atoms with Gasteiger partial charge < -0.3 is 19.7 Å². The van der Waals surface area contributed by atoms with E-state index in [0.29, 0.717) is 5.92 Å². The molecule has 24 heavy (non-hydrogen) atoms. The average Bonchev–Trinajstić information content (AvgIpc) is 3.08. The van der Waals surface area contributed by atoms with E-state index in [9.17, 15) is 0 Å². The van der Waals surface area contributed by atoms with Gasteiger partial charge in [-0.2, -0.15) is 0 Å². The highest BCUT2D eigenvalue weighted by atomic mass is 16.5. The van der Waals surface area contributed by atoms with Crippen molar-refractivity contribution in [1.82, 2.24) is 10.2 Å². The normalized spacial score (nSPS) is 18.5. The zero-order valence-electron chi connectivity index (χ0n) is 15.6. The maximum atomic E-state index is 5.47. The quantitative estimate of drug-likeness (QED) is 0.642. The predicted octanol–water partition coefficient (Wildman–Crippen LogP) is 2.52. The molecule has 0 saturated carbocycles. The highest BCUT2D eigenvalue weighted by Crippen LogP contribution is 2.25. The Kier molecular flexibility index (Phi) is 6.49. The van der Waals surface area contributed by atoms with Gasteiger partial charge in [-0.15, -0.1) is 0 Å². The lowest BCUT2D eigenvalue weighted by atomic mass is 9.84. The summed E-state index contributed by atoms with van der Waals surface area (Å²) in [5.41, 5.74) is 1.22. The zero-order valence-corrected chi connectivity index (χ0v) is 15.6. The Morgan fingerprint density at radius 2 is 2.25 bits per heavy atom. The second-order valence-corrected chi connectivity index (χ2v) is 7.13. The minimum Gasteiger partial charge on any atom is -0.497 e. The standard InChI is InChI=1S/C19H31N3O2/c1-19(2,16-7-6-8-17(11-16)23-5)14-21-18(20-3)22(4)12-15-9-10-24-13-15/h6-8,11,15H,9-10,12-14H2,1-5H3,(H,20,21). The molecule has 2 rings (SSSR count). The molecular formula is C19H31N3O2. The molecule has 1 aliphatic heterocycles. The van der Waals surface area contributed by atoms with Crippen LogP contribution in [-0.4, -0.2) is 58.4 Å². The molecule has 0 bridgehead atoms. The summed E-state index contributed by atoms with van der Waals surface area (Å²) in [6, 6.07) is 8.26. The summed E-state index contributed by atoms with van der Waals surface area (Å²) < 4.78 is 10.8. The topological polar surface area (TPSA) is 46.1 Å². The molecule has 1 unspecified atom stereocenters. The molecule has 1 aromatic rings. The first-order chi connectivity index (χ1) is 11.5. The van der Waals surface area contributed by atoms with Crippen LogP contribution in [0.15, 0.2) is 29.3 Å². The smallest absolute Gasteiger partial charge is 0.193 e. The van der Waals surface area contributed by atoms with Gasteiger partial charge in [-0.25, -0.2) is 0 Å². The van der Waals surface area contributed by atoms with E-state index in [1.807, 2.05) is 19.2 Å². The Hall–Kier alpha value is -1.75. The van der Waals surface area contributed by atoms with E-state index in [-0.39, 0.29) is 5.41 Å². The summed E-state index contributed by atoms with van der Waals surface area (Å²) in [5.74, 6) is 2.42. The molecule has 1 aromatic carbocycles. The maximum Gasteiger partial charge on any atom is 0.193 e. The van der Waals surface area contributed by atoms with Crippen molar-refractivity contribution in [3.63, 3.8) is 0 Å². The fourth-order valence-electron chi connectivity index (χ4n) is 3.03. The molecule has 134 valence electrons. The first-order valence-corrected chi connectivity index (χ1v) is 8.60. The van der Waals surface area contributed by atoms with Crippen molar-refractivity contribution in [3.05, 3.63) is 29.8 Å². The maximum absolute atomic E-state index is 5.47. The molecule has 5 nitrogen and oxygen atoms in total. The van der Waals surface area contributed by atoms with Crippen LogP contribution in [0.3, 0.4) is 0 Å². The number of benzene rings is 1. The Morgan fingerprint density at radius 1 is 1.46 bits per heavy atom. The number of methoxy groups -OCH3 is 1. The molecule has 1 N–H and O–H groups in total. The van der Waals surface area contributed by atoms with Gasteiger partial charge in [0.2, 0.25) is 0 Å². The summed E-state index contributed by atoms with van der Waals surface area (Å²) >= 11 is 0. The third-order valence-corrected chi connectivity index (χ3v) is 4.67. The van der Waals surface area contributed by atoms with Gasteiger partial charge in [-0.05, 0) is 24.1 Å². The first kappa shape index (κ1) is 18.6. The van der Waals surface area contributed by atoms with E-state index >= 15 is 0 Å². The van der Waals surface area contributed by atoms with Crippen LogP contribution in [-0.2, 0) is 10.2 Å². The van der Waals surface area contributed by atoms with Crippen molar-refractivity contribution < 1.29 is 9.47 Å². The van der Waals surface area contributed by atoms with Crippen molar-refractivity contribution in [1.29, 1.82) is 0 Å². The number of guanidine groups is 1. The average molecular weight is 333 g/mol. The number of aliphatic imine (C=N–C) groups is 1. The van der Waals surface area contributed by atoms with Crippen molar-refractivity contribution in [2.75, 3.05) is 47.5 Å². The molecule has 0 spiro atoms. The predicted molar refractivity (Wildman–Crippen MR) is 98.9 cm³/mol. The molecule has 1 heterocycles. The van der Waals surface area contributed by atoms with Gasteiger partial charge in [0, 0.05) is 45.1 Å². The van der Waals surface area contributed by atoms with Crippen LogP contribution in [0.4, 0.5) is 0 Å². The fraction of sp³-hybridized carbons (Fsp3) is 0.632. The third-order valence-electron chi connectivity index (χ3n) is 4.67. The second-order valence-electron chi connectivity index (χ2n) is 7.13. The van der Waals surface area contributed by atoms with E-state index in [1.54, 1.807) is 7.11 Å². The summed E-state index contributed by atoms with van der Waals surface area (Å²) in [5, 5.41) is 3.51. The lowest BCUT2D eigenvalue weighted by Crippen LogP contribution is -2.45. The van der Waals surface area contributed by atoms with Gasteiger partial charge in [0.15, 0.2) is 5.96 Å². The number of nitrogens with one attached hydrogen (secondary N) is 1. The zero-order chi connectivity index (χ0) is 17.6. The minimum atomic E-state index is -0.0260. The molecule has 1 fully saturated rings. The number of rotatable bonds is 6. The van der Waals surface area contributed by atoms with E-state index in [2.05, 4.69) is 48.2 Å². The van der Waals surface area contributed by atoms with Crippen LogP contribution in [0.1, 0.15) is 25.8 Å². The number of hydrogen-bond donors (Lipinski definition) is 1. The SMILES string of the molecule is CN=C(NCC(C)(C)c1cccc(OC)c1)N(C)CC1CCOC1. The van der Waals surface area contributed by atoms with Gasteiger partial charge in [0.05, 0.1) is 13.7 Å². The van der Waals surface area contributed by atoms with Gasteiger partial charge in [0.1, 0.15) is 5.75 Å². The van der Waals surface area contributed by atoms with E-state index in [0.717, 1.165) is 44.4 Å². The molecule has 0 amide bonds. The number of nitrogens with zero attached hydrogens (tertiary/aromatic N) is 2. The molecule has 1 aliphatic rings. The molecule has 0 aliphatic carbocycles. The van der Waals surface area contributed by atoms with Crippen molar-refractivity contribution in [2.24, 2.45) is 10.9 Å². The van der Waals surface area contributed by atoms with Crippen LogP contribution in [0.5, 0.6) is 5.75 Å². The second kappa shape index (κ2) is 8.38. The van der Waals surface area contributed by atoms with Crippen LogP contribution in [0, 0.1) is 5.92 Å². The van der Waals surface area contributed by atoms with Crippen molar-refractivity contribution in [3.8, 4) is 5.75 Å². The summed E-state index contributed by atoms with van der Waals surface area (Å²) in [7, 11) is 5.63. The van der Waals surface area contributed by atoms with Gasteiger partial charge in [-0.1, -0.05) is 26.0 Å². The fourth-order valence-corrected chi connectivity index (χ4v) is 3.03. The highest BCUT2D eigenvalue weighted by Gasteiger charge is 2.23. The van der Waals surface area contributed by atoms with Gasteiger partial charge in [-0.3, -0.25) is 4.99 Å². The largest absolute Gasteiger partial charge is 0.497 e.